The minimum atomic E-state index is -1.18. The van der Waals surface area contributed by atoms with Gasteiger partial charge >= 0.3 is 11.9 Å². The Morgan fingerprint density at radius 1 is 1.29 bits per heavy atom. The number of amides is 1. The molecule has 7 heteroatoms. The molecule has 0 saturated carbocycles. The zero-order valence-corrected chi connectivity index (χ0v) is 11.6. The molecule has 0 saturated heterocycles. The quantitative estimate of drug-likeness (QED) is 0.611. The highest BCUT2D eigenvalue weighted by molar-refractivity contribution is 5.89. The third-order valence-electron chi connectivity index (χ3n) is 2.70. The Balaban J connectivity index is 2.36. The maximum Gasteiger partial charge on any atom is 0.325 e. The minimum absolute atomic E-state index is 0.0968. The Kier molecular flexibility index (Phi) is 6.35. The predicted molar refractivity (Wildman–Crippen MR) is 74.1 cm³/mol. The van der Waals surface area contributed by atoms with Crippen LogP contribution in [0.25, 0.3) is 0 Å². The van der Waals surface area contributed by atoms with Crippen molar-refractivity contribution in [2.75, 3.05) is 0 Å². The van der Waals surface area contributed by atoms with Crippen LogP contribution in [-0.2, 0) is 25.7 Å². The Hall–Kier alpha value is -2.41. The molecule has 0 aliphatic rings. The van der Waals surface area contributed by atoms with E-state index in [2.05, 4.69) is 5.32 Å². The molecule has 0 fully saturated rings. The normalized spacial score (nSPS) is 13.0. The van der Waals surface area contributed by atoms with Crippen molar-refractivity contribution in [2.24, 2.45) is 5.73 Å². The number of carboxylic acids is 1. The van der Waals surface area contributed by atoms with E-state index in [0.29, 0.717) is 0 Å². The fourth-order valence-electron chi connectivity index (χ4n) is 1.45. The fraction of sp³-hybridized carbons (Fsp3) is 0.357. The number of hydrogen-bond acceptors (Lipinski definition) is 5. The highest BCUT2D eigenvalue weighted by Crippen LogP contribution is 2.02. The summed E-state index contributed by atoms with van der Waals surface area (Å²) in [7, 11) is 0. The van der Waals surface area contributed by atoms with Gasteiger partial charge in [-0.05, 0) is 12.5 Å². The van der Waals surface area contributed by atoms with E-state index < -0.39 is 29.9 Å². The number of carbonyl (C=O) groups is 3. The summed E-state index contributed by atoms with van der Waals surface area (Å²) >= 11 is 0. The second-order valence-corrected chi connectivity index (χ2v) is 4.53. The zero-order valence-electron chi connectivity index (χ0n) is 11.6. The van der Waals surface area contributed by atoms with Crippen molar-refractivity contribution in [3.63, 3.8) is 0 Å². The molecule has 1 aromatic carbocycles. The monoisotopic (exact) mass is 294 g/mol. The molecular formula is C14H18N2O5. The molecule has 0 aliphatic carbocycles. The fourth-order valence-corrected chi connectivity index (χ4v) is 1.45. The SMILES string of the molecule is C[C@H](NC(=O)[C@@H](N)CC(=O)OCc1ccccc1)C(=O)O. The van der Waals surface area contributed by atoms with Gasteiger partial charge in [-0.1, -0.05) is 30.3 Å². The van der Waals surface area contributed by atoms with Crippen molar-refractivity contribution in [2.45, 2.75) is 32.0 Å². The van der Waals surface area contributed by atoms with E-state index in [1.54, 1.807) is 12.1 Å². The van der Waals surface area contributed by atoms with Crippen molar-refractivity contribution in [1.82, 2.24) is 5.32 Å². The molecule has 0 aromatic heterocycles. The van der Waals surface area contributed by atoms with Gasteiger partial charge in [0.25, 0.3) is 0 Å². The van der Waals surface area contributed by atoms with Crippen LogP contribution >= 0.6 is 0 Å². The van der Waals surface area contributed by atoms with Crippen LogP contribution < -0.4 is 11.1 Å². The zero-order chi connectivity index (χ0) is 15.8. The second-order valence-electron chi connectivity index (χ2n) is 4.53. The summed E-state index contributed by atoms with van der Waals surface area (Å²) in [5.41, 5.74) is 6.35. The van der Waals surface area contributed by atoms with Crippen molar-refractivity contribution in [1.29, 1.82) is 0 Å². The third kappa shape index (κ3) is 6.05. The summed E-state index contributed by atoms with van der Waals surface area (Å²) in [4.78, 5) is 33.7. The van der Waals surface area contributed by atoms with Gasteiger partial charge in [-0.15, -0.1) is 0 Å². The summed E-state index contributed by atoms with van der Waals surface area (Å²) in [5.74, 6) is -2.51. The Morgan fingerprint density at radius 2 is 1.90 bits per heavy atom. The van der Waals surface area contributed by atoms with Crippen LogP contribution in [-0.4, -0.2) is 35.0 Å². The molecule has 0 heterocycles. The lowest BCUT2D eigenvalue weighted by Gasteiger charge is -2.14. The van der Waals surface area contributed by atoms with Crippen molar-refractivity contribution in [3.05, 3.63) is 35.9 Å². The smallest absolute Gasteiger partial charge is 0.325 e. The number of benzene rings is 1. The van der Waals surface area contributed by atoms with Gasteiger partial charge < -0.3 is 20.9 Å². The van der Waals surface area contributed by atoms with Crippen LogP contribution in [0.3, 0.4) is 0 Å². The van der Waals surface area contributed by atoms with E-state index in [9.17, 15) is 14.4 Å². The molecular weight excluding hydrogens is 276 g/mol. The van der Waals surface area contributed by atoms with Gasteiger partial charge in [0.05, 0.1) is 12.5 Å². The number of nitrogens with two attached hydrogens (primary N) is 1. The third-order valence-corrected chi connectivity index (χ3v) is 2.70. The number of carboxylic acid groups (broad SMARTS) is 1. The van der Waals surface area contributed by atoms with Gasteiger partial charge in [0, 0.05) is 0 Å². The van der Waals surface area contributed by atoms with Gasteiger partial charge in [0.15, 0.2) is 0 Å². The van der Waals surface area contributed by atoms with Crippen LogP contribution in [0.4, 0.5) is 0 Å². The number of esters is 1. The van der Waals surface area contributed by atoms with Gasteiger partial charge in [-0.3, -0.25) is 14.4 Å². The number of carbonyl (C=O) groups excluding carboxylic acids is 2. The number of aliphatic carboxylic acids is 1. The molecule has 2 atom stereocenters. The molecule has 7 nitrogen and oxygen atoms in total. The lowest BCUT2D eigenvalue weighted by molar-refractivity contribution is -0.147. The summed E-state index contributed by atoms with van der Waals surface area (Å²) in [6, 6.07) is 6.86. The minimum Gasteiger partial charge on any atom is -0.480 e. The number of ether oxygens (including phenoxy) is 1. The Bertz CT molecular complexity index is 503. The first-order valence-corrected chi connectivity index (χ1v) is 6.38. The predicted octanol–water partition coefficient (Wildman–Crippen LogP) is 0.0365. The molecule has 1 rings (SSSR count). The molecule has 0 aliphatic heterocycles. The molecule has 4 N–H and O–H groups in total. The summed E-state index contributed by atoms with van der Waals surface area (Å²) in [6.45, 7) is 1.40. The highest BCUT2D eigenvalue weighted by Gasteiger charge is 2.22. The number of hydrogen-bond donors (Lipinski definition) is 3. The molecule has 1 aromatic rings. The largest absolute Gasteiger partial charge is 0.480 e. The highest BCUT2D eigenvalue weighted by atomic mass is 16.5. The van der Waals surface area contributed by atoms with E-state index in [4.69, 9.17) is 15.6 Å². The maximum absolute atomic E-state index is 11.6. The van der Waals surface area contributed by atoms with E-state index >= 15 is 0 Å². The van der Waals surface area contributed by atoms with Gasteiger partial charge in [0.2, 0.25) is 5.91 Å². The van der Waals surface area contributed by atoms with Gasteiger partial charge in [0.1, 0.15) is 12.6 Å². The lowest BCUT2D eigenvalue weighted by atomic mass is 10.2. The standard InChI is InChI=1S/C14H18N2O5/c1-9(14(19)20)16-13(18)11(15)7-12(17)21-8-10-5-3-2-4-6-10/h2-6,9,11H,7-8,15H2,1H3,(H,16,18)(H,19,20)/t9-,11-/m0/s1. The van der Waals surface area contributed by atoms with Crippen LogP contribution in [0.1, 0.15) is 18.9 Å². The van der Waals surface area contributed by atoms with E-state index in [1.807, 2.05) is 18.2 Å². The van der Waals surface area contributed by atoms with Crippen LogP contribution in [0, 0.1) is 0 Å². The summed E-state index contributed by atoms with van der Waals surface area (Å²) < 4.78 is 4.99. The van der Waals surface area contributed by atoms with Gasteiger partial charge in [-0.2, -0.15) is 0 Å². The molecule has 0 spiro atoms. The molecule has 0 bridgehead atoms. The average molecular weight is 294 g/mol. The molecule has 0 unspecified atom stereocenters. The number of rotatable bonds is 7. The van der Waals surface area contributed by atoms with Crippen LogP contribution in [0.5, 0.6) is 0 Å². The Labute approximate surface area is 122 Å². The first-order chi connectivity index (χ1) is 9.90. The first-order valence-electron chi connectivity index (χ1n) is 6.38. The summed E-state index contributed by atoms with van der Waals surface area (Å²) in [6.07, 6.45) is -0.314. The second kappa shape index (κ2) is 8.01. The van der Waals surface area contributed by atoms with Crippen molar-refractivity contribution < 1.29 is 24.2 Å². The Morgan fingerprint density at radius 3 is 2.48 bits per heavy atom. The molecule has 114 valence electrons. The van der Waals surface area contributed by atoms with E-state index in [-0.39, 0.29) is 13.0 Å². The molecule has 21 heavy (non-hydrogen) atoms. The maximum atomic E-state index is 11.6. The topological polar surface area (TPSA) is 119 Å². The number of nitrogens with one attached hydrogen (secondary N) is 1. The van der Waals surface area contributed by atoms with Crippen LogP contribution in [0.15, 0.2) is 30.3 Å². The molecule has 1 amide bonds. The van der Waals surface area contributed by atoms with Gasteiger partial charge in [-0.25, -0.2) is 0 Å². The lowest BCUT2D eigenvalue weighted by Crippen LogP contribution is -2.48. The van der Waals surface area contributed by atoms with Crippen molar-refractivity contribution >= 4 is 17.8 Å². The van der Waals surface area contributed by atoms with E-state index in [1.165, 1.54) is 6.92 Å². The average Bonchev–Trinajstić information content (AvgIpc) is 2.45. The van der Waals surface area contributed by atoms with E-state index in [0.717, 1.165) is 5.56 Å². The van der Waals surface area contributed by atoms with Crippen LogP contribution in [0.2, 0.25) is 0 Å². The molecule has 0 radical (unpaired) electrons. The first kappa shape index (κ1) is 16.6. The summed E-state index contributed by atoms with van der Waals surface area (Å²) in [5, 5.41) is 10.8. The van der Waals surface area contributed by atoms with Crippen molar-refractivity contribution in [3.8, 4) is 0 Å².